The van der Waals surface area contributed by atoms with Gasteiger partial charge in [0.1, 0.15) is 4.99 Å². The third kappa shape index (κ3) is 3.05. The SMILES string of the molecule is Cc1c(CNc2ccc(C(N)=S)cc2Cl)cnn1C. The number of aryl methyl sites for hydroxylation is 1. The van der Waals surface area contributed by atoms with E-state index in [0.29, 0.717) is 16.6 Å². The molecule has 0 atom stereocenters. The molecule has 6 heteroatoms. The molecule has 0 radical (unpaired) electrons. The van der Waals surface area contributed by atoms with Gasteiger partial charge in [0.05, 0.1) is 16.9 Å². The fourth-order valence-corrected chi connectivity index (χ4v) is 2.09. The Kier molecular flexibility index (Phi) is 4.07. The Morgan fingerprint density at radius 3 is 2.79 bits per heavy atom. The van der Waals surface area contributed by atoms with E-state index in [1.165, 1.54) is 0 Å². The molecule has 19 heavy (non-hydrogen) atoms. The van der Waals surface area contributed by atoms with Crippen molar-refractivity contribution in [2.45, 2.75) is 13.5 Å². The number of hydrogen-bond donors (Lipinski definition) is 2. The molecule has 3 N–H and O–H groups in total. The minimum Gasteiger partial charge on any atom is -0.389 e. The summed E-state index contributed by atoms with van der Waals surface area (Å²) in [4.78, 5) is 0.344. The van der Waals surface area contributed by atoms with Crippen molar-refractivity contribution in [2.75, 3.05) is 5.32 Å². The van der Waals surface area contributed by atoms with Gasteiger partial charge < -0.3 is 11.1 Å². The molecule has 1 heterocycles. The standard InChI is InChI=1S/C13H15ClN4S/c1-8-10(7-17-18(8)2)6-16-12-4-3-9(13(15)19)5-11(12)14/h3-5,7,16H,6H2,1-2H3,(H2,15,19). The third-order valence-corrected chi connectivity index (χ3v) is 3.61. The van der Waals surface area contributed by atoms with Gasteiger partial charge in [-0.15, -0.1) is 0 Å². The first-order valence-electron chi connectivity index (χ1n) is 5.79. The average Bonchev–Trinajstić information content (AvgIpc) is 2.68. The largest absolute Gasteiger partial charge is 0.389 e. The summed E-state index contributed by atoms with van der Waals surface area (Å²) < 4.78 is 1.84. The Bertz CT molecular complexity index is 621. The van der Waals surface area contributed by atoms with Gasteiger partial charge >= 0.3 is 0 Å². The monoisotopic (exact) mass is 294 g/mol. The summed E-state index contributed by atoms with van der Waals surface area (Å²) in [7, 11) is 1.92. The molecule has 1 aromatic heterocycles. The lowest BCUT2D eigenvalue weighted by atomic mass is 10.2. The van der Waals surface area contributed by atoms with Crippen LogP contribution in [0.1, 0.15) is 16.8 Å². The second-order valence-corrected chi connectivity index (χ2v) is 5.14. The molecule has 100 valence electrons. The maximum Gasteiger partial charge on any atom is 0.104 e. The number of thiocarbonyl (C=S) groups is 1. The highest BCUT2D eigenvalue weighted by Crippen LogP contribution is 2.24. The molecule has 0 saturated heterocycles. The molecule has 0 amide bonds. The molecule has 2 aromatic rings. The van der Waals surface area contributed by atoms with Crippen LogP contribution >= 0.6 is 23.8 Å². The molecule has 0 aliphatic carbocycles. The van der Waals surface area contributed by atoms with E-state index in [1.807, 2.05) is 37.0 Å². The number of aromatic nitrogens is 2. The van der Waals surface area contributed by atoms with E-state index in [0.717, 1.165) is 22.5 Å². The molecule has 0 saturated carbocycles. The van der Waals surface area contributed by atoms with Crippen LogP contribution in [0.3, 0.4) is 0 Å². The van der Waals surface area contributed by atoms with Crippen molar-refractivity contribution < 1.29 is 0 Å². The van der Waals surface area contributed by atoms with Crippen molar-refractivity contribution in [2.24, 2.45) is 12.8 Å². The number of nitrogens with zero attached hydrogens (tertiary/aromatic N) is 2. The topological polar surface area (TPSA) is 55.9 Å². The van der Waals surface area contributed by atoms with Crippen molar-refractivity contribution in [3.63, 3.8) is 0 Å². The molecule has 0 fully saturated rings. The molecule has 0 bridgehead atoms. The fraction of sp³-hybridized carbons (Fsp3) is 0.231. The summed E-state index contributed by atoms with van der Waals surface area (Å²) in [6, 6.07) is 5.50. The lowest BCUT2D eigenvalue weighted by Gasteiger charge is -2.09. The Hall–Kier alpha value is -1.59. The lowest BCUT2D eigenvalue weighted by molar-refractivity contribution is 0.738. The van der Waals surface area contributed by atoms with Crippen molar-refractivity contribution in [1.29, 1.82) is 0 Å². The van der Waals surface area contributed by atoms with Gasteiger partial charge in [-0.3, -0.25) is 4.68 Å². The van der Waals surface area contributed by atoms with Crippen LogP contribution in [0.15, 0.2) is 24.4 Å². The molecule has 1 aromatic carbocycles. The molecule has 0 aliphatic heterocycles. The number of nitrogens with one attached hydrogen (secondary N) is 1. The van der Waals surface area contributed by atoms with Crippen molar-refractivity contribution in [3.8, 4) is 0 Å². The highest BCUT2D eigenvalue weighted by molar-refractivity contribution is 7.80. The average molecular weight is 295 g/mol. The highest BCUT2D eigenvalue weighted by Gasteiger charge is 2.06. The minimum atomic E-state index is 0.344. The van der Waals surface area contributed by atoms with Crippen LogP contribution in [0.2, 0.25) is 5.02 Å². The Labute approximate surface area is 122 Å². The van der Waals surface area contributed by atoms with E-state index in [9.17, 15) is 0 Å². The van der Waals surface area contributed by atoms with Gasteiger partial charge in [0.25, 0.3) is 0 Å². The smallest absolute Gasteiger partial charge is 0.104 e. The van der Waals surface area contributed by atoms with Gasteiger partial charge in [0.2, 0.25) is 0 Å². The first kappa shape index (κ1) is 13.8. The quantitative estimate of drug-likeness (QED) is 0.851. The van der Waals surface area contributed by atoms with E-state index < -0.39 is 0 Å². The van der Waals surface area contributed by atoms with E-state index in [2.05, 4.69) is 10.4 Å². The molecule has 2 rings (SSSR count). The van der Waals surface area contributed by atoms with Crippen LogP contribution in [-0.2, 0) is 13.6 Å². The van der Waals surface area contributed by atoms with E-state index in [-0.39, 0.29) is 0 Å². The lowest BCUT2D eigenvalue weighted by Crippen LogP contribution is -2.09. The minimum absolute atomic E-state index is 0.344. The van der Waals surface area contributed by atoms with E-state index >= 15 is 0 Å². The Morgan fingerprint density at radius 2 is 2.26 bits per heavy atom. The van der Waals surface area contributed by atoms with Crippen molar-refractivity contribution in [1.82, 2.24) is 9.78 Å². The van der Waals surface area contributed by atoms with Crippen LogP contribution < -0.4 is 11.1 Å². The predicted octanol–water partition coefficient (Wildman–Crippen LogP) is 2.63. The number of benzene rings is 1. The van der Waals surface area contributed by atoms with Gasteiger partial charge in [0, 0.05) is 30.4 Å². The van der Waals surface area contributed by atoms with Gasteiger partial charge in [-0.05, 0) is 25.1 Å². The molecule has 0 unspecified atom stereocenters. The van der Waals surface area contributed by atoms with Crippen LogP contribution in [-0.4, -0.2) is 14.8 Å². The Balaban J connectivity index is 2.12. The van der Waals surface area contributed by atoms with Crippen LogP contribution in [0, 0.1) is 6.92 Å². The van der Waals surface area contributed by atoms with Crippen LogP contribution in [0.25, 0.3) is 0 Å². The number of nitrogens with two attached hydrogens (primary N) is 1. The number of anilines is 1. The second kappa shape index (κ2) is 5.59. The van der Waals surface area contributed by atoms with E-state index in [1.54, 1.807) is 6.07 Å². The third-order valence-electron chi connectivity index (χ3n) is 3.06. The van der Waals surface area contributed by atoms with Gasteiger partial charge in [-0.1, -0.05) is 23.8 Å². The molecule has 0 spiro atoms. The van der Waals surface area contributed by atoms with Gasteiger partial charge in [-0.25, -0.2) is 0 Å². The first-order chi connectivity index (χ1) is 8.99. The van der Waals surface area contributed by atoms with Crippen LogP contribution in [0.4, 0.5) is 5.69 Å². The van der Waals surface area contributed by atoms with E-state index in [4.69, 9.17) is 29.6 Å². The zero-order valence-corrected chi connectivity index (χ0v) is 12.3. The fourth-order valence-electron chi connectivity index (χ4n) is 1.72. The summed E-state index contributed by atoms with van der Waals surface area (Å²) in [6.07, 6.45) is 1.85. The predicted molar refractivity (Wildman–Crippen MR) is 82.6 cm³/mol. The van der Waals surface area contributed by atoms with Gasteiger partial charge in [0.15, 0.2) is 0 Å². The molecule has 4 nitrogen and oxygen atoms in total. The number of rotatable bonds is 4. The second-order valence-electron chi connectivity index (χ2n) is 4.29. The number of halogens is 1. The molecular weight excluding hydrogens is 280 g/mol. The Morgan fingerprint density at radius 1 is 1.53 bits per heavy atom. The van der Waals surface area contributed by atoms with Gasteiger partial charge in [-0.2, -0.15) is 5.10 Å². The summed E-state index contributed by atoms with van der Waals surface area (Å²) >= 11 is 11.1. The number of hydrogen-bond acceptors (Lipinski definition) is 3. The zero-order valence-electron chi connectivity index (χ0n) is 10.8. The van der Waals surface area contributed by atoms with Crippen molar-refractivity contribution >= 4 is 34.5 Å². The maximum absolute atomic E-state index is 6.19. The van der Waals surface area contributed by atoms with Crippen molar-refractivity contribution in [3.05, 3.63) is 46.2 Å². The summed E-state index contributed by atoms with van der Waals surface area (Å²) in [6.45, 7) is 2.70. The molecular formula is C13H15ClN4S. The summed E-state index contributed by atoms with van der Waals surface area (Å²) in [5, 5.41) is 8.08. The summed E-state index contributed by atoms with van der Waals surface area (Å²) in [5.74, 6) is 0. The molecule has 0 aliphatic rings. The highest BCUT2D eigenvalue weighted by atomic mass is 35.5. The maximum atomic E-state index is 6.19. The summed E-state index contributed by atoms with van der Waals surface area (Å²) in [5.41, 5.74) is 9.44. The normalized spacial score (nSPS) is 10.5. The van der Waals surface area contributed by atoms with Crippen LogP contribution in [0.5, 0.6) is 0 Å². The zero-order chi connectivity index (χ0) is 14.0. The first-order valence-corrected chi connectivity index (χ1v) is 6.58.